The number of aryl methyl sites for hydroxylation is 1. The molecule has 0 bridgehead atoms. The quantitative estimate of drug-likeness (QED) is 0.791. The van der Waals surface area contributed by atoms with Gasteiger partial charge in [-0.05, 0) is 18.1 Å². The lowest BCUT2D eigenvalue weighted by Gasteiger charge is -2.43. The Morgan fingerprint density at radius 2 is 2.09 bits per heavy atom. The second-order valence-corrected chi connectivity index (χ2v) is 8.47. The van der Waals surface area contributed by atoms with Crippen LogP contribution >= 0.6 is 11.6 Å². The lowest BCUT2D eigenvalue weighted by molar-refractivity contribution is -0.136. The first-order valence-corrected chi connectivity index (χ1v) is 9.90. The second kappa shape index (κ2) is 6.37. The van der Waals surface area contributed by atoms with Crippen molar-refractivity contribution in [2.75, 3.05) is 31.1 Å². The summed E-state index contributed by atoms with van der Waals surface area (Å²) in [5.74, 6) is 0.729. The number of nitrogens with one attached hydrogen (secondary N) is 1. The van der Waals surface area contributed by atoms with Gasteiger partial charge in [0.2, 0.25) is 11.2 Å². The van der Waals surface area contributed by atoms with Crippen molar-refractivity contribution in [2.24, 2.45) is 0 Å². The third-order valence-corrected chi connectivity index (χ3v) is 6.47. The van der Waals surface area contributed by atoms with Crippen molar-refractivity contribution in [1.29, 1.82) is 0 Å². The van der Waals surface area contributed by atoms with Crippen LogP contribution in [0.4, 0.5) is 0 Å². The normalized spacial score (nSPS) is 27.1. The van der Waals surface area contributed by atoms with E-state index >= 15 is 0 Å². The van der Waals surface area contributed by atoms with Gasteiger partial charge in [0.25, 0.3) is 0 Å². The molecule has 128 valence electrons. The van der Waals surface area contributed by atoms with Crippen LogP contribution in [0.25, 0.3) is 0 Å². The number of piperazine rings is 1. The van der Waals surface area contributed by atoms with E-state index in [1.54, 1.807) is 4.90 Å². The molecule has 1 aromatic heterocycles. The average molecular weight is 362 g/mol. The van der Waals surface area contributed by atoms with Gasteiger partial charge in [-0.3, -0.25) is 14.8 Å². The van der Waals surface area contributed by atoms with Gasteiger partial charge in [0.05, 0.1) is 17.5 Å². The summed E-state index contributed by atoms with van der Waals surface area (Å²) in [6, 6.07) is -0.318. The van der Waals surface area contributed by atoms with Gasteiger partial charge >= 0.3 is 0 Å². The second-order valence-electron chi connectivity index (χ2n) is 5.98. The molecule has 2 fully saturated rings. The van der Waals surface area contributed by atoms with Crippen molar-refractivity contribution < 1.29 is 13.2 Å². The van der Waals surface area contributed by atoms with E-state index in [1.165, 1.54) is 0 Å². The largest absolute Gasteiger partial charge is 0.336 e. The first-order chi connectivity index (χ1) is 10.9. The van der Waals surface area contributed by atoms with Gasteiger partial charge in [-0.1, -0.05) is 6.92 Å². The van der Waals surface area contributed by atoms with E-state index in [4.69, 9.17) is 11.6 Å². The smallest absolute Gasteiger partial charge is 0.242 e. The number of fused-ring (bicyclic) bond motifs is 1. The van der Waals surface area contributed by atoms with Gasteiger partial charge in [-0.15, -0.1) is 5.10 Å². The molecule has 23 heavy (non-hydrogen) atoms. The number of rotatable bonds is 4. The molecule has 0 saturated carbocycles. The summed E-state index contributed by atoms with van der Waals surface area (Å²) >= 11 is 5.64. The maximum atomic E-state index is 12.5. The van der Waals surface area contributed by atoms with Crippen LogP contribution in [0.3, 0.4) is 0 Å². The minimum absolute atomic E-state index is 0.0413. The summed E-state index contributed by atoms with van der Waals surface area (Å²) < 4.78 is 24.0. The SMILES string of the molecule is CCN1CCN(C(=O)CCc2nc(Cl)n[nH]2)[C@H]2CS(=O)(=O)C[C@H]21. The number of halogens is 1. The molecule has 1 N–H and O–H groups in total. The summed E-state index contributed by atoms with van der Waals surface area (Å²) in [6.45, 7) is 4.11. The van der Waals surface area contributed by atoms with E-state index in [0.29, 0.717) is 25.3 Å². The van der Waals surface area contributed by atoms with Crippen LogP contribution < -0.4 is 0 Å². The fourth-order valence-electron chi connectivity index (χ4n) is 3.48. The number of amides is 1. The summed E-state index contributed by atoms with van der Waals surface area (Å²) in [7, 11) is -3.08. The van der Waals surface area contributed by atoms with E-state index in [9.17, 15) is 13.2 Å². The molecule has 0 unspecified atom stereocenters. The third-order valence-electron chi connectivity index (χ3n) is 4.60. The highest BCUT2D eigenvalue weighted by Gasteiger charge is 2.47. The molecule has 2 saturated heterocycles. The van der Waals surface area contributed by atoms with Crippen molar-refractivity contribution in [3.05, 3.63) is 11.1 Å². The zero-order chi connectivity index (χ0) is 16.6. The molecule has 2 atom stereocenters. The monoisotopic (exact) mass is 361 g/mol. The van der Waals surface area contributed by atoms with E-state index in [2.05, 4.69) is 20.1 Å². The minimum atomic E-state index is -3.08. The molecule has 1 aromatic rings. The number of carbonyl (C=O) groups excluding carboxylic acids is 1. The van der Waals surface area contributed by atoms with E-state index in [0.717, 1.165) is 6.54 Å². The molecule has 2 aliphatic heterocycles. The summed E-state index contributed by atoms with van der Waals surface area (Å²) in [5, 5.41) is 6.52. The number of carbonyl (C=O) groups is 1. The van der Waals surface area contributed by atoms with Crippen molar-refractivity contribution in [1.82, 2.24) is 25.0 Å². The molecule has 8 nitrogen and oxygen atoms in total. The van der Waals surface area contributed by atoms with Crippen molar-refractivity contribution in [3.8, 4) is 0 Å². The number of H-pyrrole nitrogens is 1. The number of hydrogen-bond acceptors (Lipinski definition) is 6. The van der Waals surface area contributed by atoms with E-state index in [-0.39, 0.29) is 41.2 Å². The summed E-state index contributed by atoms with van der Waals surface area (Å²) in [4.78, 5) is 20.4. The molecule has 0 radical (unpaired) electrons. The van der Waals surface area contributed by atoms with Gasteiger partial charge in [0.15, 0.2) is 9.84 Å². The molecule has 0 aliphatic carbocycles. The number of sulfone groups is 1. The van der Waals surface area contributed by atoms with Crippen LogP contribution in [-0.2, 0) is 21.1 Å². The Kier molecular flexibility index (Phi) is 4.61. The summed E-state index contributed by atoms with van der Waals surface area (Å²) in [5.41, 5.74) is 0. The standard InChI is InChI=1S/C13H20ClN5O3S/c1-2-18-5-6-19(10-8-23(21,22)7-9(10)18)12(20)4-3-11-15-13(14)17-16-11/h9-10H,2-8H2,1H3,(H,15,16,17)/t9-,10+/m1/s1. The lowest BCUT2D eigenvalue weighted by atomic mass is 10.0. The molecular weight excluding hydrogens is 342 g/mol. The number of hydrogen-bond donors (Lipinski definition) is 1. The summed E-state index contributed by atoms with van der Waals surface area (Å²) in [6.07, 6.45) is 0.678. The van der Waals surface area contributed by atoms with Gasteiger partial charge in [0, 0.05) is 32.0 Å². The fraction of sp³-hybridized carbons (Fsp3) is 0.769. The number of aromatic nitrogens is 3. The van der Waals surface area contributed by atoms with Crippen molar-refractivity contribution >= 4 is 27.3 Å². The Morgan fingerprint density at radius 1 is 1.35 bits per heavy atom. The zero-order valence-corrected chi connectivity index (χ0v) is 14.5. The Balaban J connectivity index is 1.68. The van der Waals surface area contributed by atoms with Gasteiger partial charge in [-0.25, -0.2) is 13.4 Å². The van der Waals surface area contributed by atoms with Gasteiger partial charge < -0.3 is 4.90 Å². The number of aromatic amines is 1. The van der Waals surface area contributed by atoms with Crippen LogP contribution in [0.2, 0.25) is 5.28 Å². The Labute approximate surface area is 140 Å². The van der Waals surface area contributed by atoms with E-state index in [1.807, 2.05) is 6.92 Å². The molecular formula is C13H20ClN5O3S. The number of likely N-dealkylation sites (N-methyl/N-ethyl adjacent to an activating group) is 1. The van der Waals surface area contributed by atoms with Gasteiger partial charge in [0.1, 0.15) is 5.82 Å². The van der Waals surface area contributed by atoms with Crippen LogP contribution in [0.1, 0.15) is 19.2 Å². The molecule has 0 spiro atoms. The zero-order valence-electron chi connectivity index (χ0n) is 12.9. The van der Waals surface area contributed by atoms with Crippen LogP contribution in [-0.4, -0.2) is 82.5 Å². The molecule has 2 aliphatic rings. The highest BCUT2D eigenvalue weighted by Crippen LogP contribution is 2.27. The first kappa shape index (κ1) is 16.7. The predicted octanol–water partition coefficient (Wildman–Crippen LogP) is -0.280. The third kappa shape index (κ3) is 3.51. The molecule has 1 amide bonds. The Morgan fingerprint density at radius 3 is 2.74 bits per heavy atom. The highest BCUT2D eigenvalue weighted by molar-refractivity contribution is 7.91. The van der Waals surface area contributed by atoms with Crippen LogP contribution in [0, 0.1) is 0 Å². The Hall–Kier alpha value is -1.19. The van der Waals surface area contributed by atoms with Crippen molar-refractivity contribution in [2.45, 2.75) is 31.8 Å². The van der Waals surface area contributed by atoms with E-state index < -0.39 is 9.84 Å². The molecule has 3 rings (SSSR count). The Bertz CT molecular complexity index is 692. The maximum Gasteiger partial charge on any atom is 0.242 e. The highest BCUT2D eigenvalue weighted by atomic mass is 35.5. The predicted molar refractivity (Wildman–Crippen MR) is 84.9 cm³/mol. The molecule has 3 heterocycles. The van der Waals surface area contributed by atoms with Crippen LogP contribution in [0.5, 0.6) is 0 Å². The molecule has 10 heteroatoms. The number of nitrogens with zero attached hydrogens (tertiary/aromatic N) is 4. The minimum Gasteiger partial charge on any atom is -0.336 e. The first-order valence-electron chi connectivity index (χ1n) is 7.70. The van der Waals surface area contributed by atoms with Crippen LogP contribution in [0.15, 0.2) is 0 Å². The lowest BCUT2D eigenvalue weighted by Crippen LogP contribution is -2.60. The average Bonchev–Trinajstić information content (AvgIpc) is 3.05. The van der Waals surface area contributed by atoms with Crippen molar-refractivity contribution in [3.63, 3.8) is 0 Å². The fourth-order valence-corrected chi connectivity index (χ4v) is 5.64. The topological polar surface area (TPSA) is 99.3 Å². The van der Waals surface area contributed by atoms with Gasteiger partial charge in [-0.2, -0.15) is 0 Å². The maximum absolute atomic E-state index is 12.5. The molecule has 0 aromatic carbocycles.